The Morgan fingerprint density at radius 3 is 3.00 bits per heavy atom. The molecule has 5 heteroatoms. The van der Waals surface area contributed by atoms with Gasteiger partial charge in [-0.05, 0) is 50.7 Å². The van der Waals surface area contributed by atoms with Gasteiger partial charge in [-0.3, -0.25) is 10.2 Å². The summed E-state index contributed by atoms with van der Waals surface area (Å²) in [5, 5.41) is 0. The SMILES string of the molecule is CN1CCC(CN(C)Cc2cccc(C(=O)NN)c2)C1. The molecule has 1 aliphatic heterocycles. The van der Waals surface area contributed by atoms with E-state index in [4.69, 9.17) is 5.84 Å². The van der Waals surface area contributed by atoms with E-state index < -0.39 is 0 Å². The molecule has 3 N–H and O–H groups in total. The lowest BCUT2D eigenvalue weighted by Crippen LogP contribution is -2.30. The molecule has 1 unspecified atom stereocenters. The number of nitrogen functional groups attached to an aromatic ring is 1. The van der Waals surface area contributed by atoms with Gasteiger partial charge in [-0.2, -0.15) is 0 Å². The van der Waals surface area contributed by atoms with Crippen LogP contribution in [0.15, 0.2) is 24.3 Å². The smallest absolute Gasteiger partial charge is 0.265 e. The molecule has 1 atom stereocenters. The number of nitrogens with zero attached hydrogens (tertiary/aromatic N) is 2. The number of hydrogen-bond acceptors (Lipinski definition) is 4. The van der Waals surface area contributed by atoms with Gasteiger partial charge in [0.15, 0.2) is 0 Å². The number of carbonyl (C=O) groups excluding carboxylic acids is 1. The average Bonchev–Trinajstić information content (AvgIpc) is 2.83. The van der Waals surface area contributed by atoms with E-state index in [2.05, 4.69) is 29.3 Å². The van der Waals surface area contributed by atoms with Crippen LogP contribution >= 0.6 is 0 Å². The molecule has 0 spiro atoms. The monoisotopic (exact) mass is 276 g/mol. The first kappa shape index (κ1) is 15.0. The molecule has 5 nitrogen and oxygen atoms in total. The molecule has 1 saturated heterocycles. The van der Waals surface area contributed by atoms with E-state index in [-0.39, 0.29) is 5.91 Å². The maximum atomic E-state index is 11.5. The Hall–Kier alpha value is -1.43. The Labute approximate surface area is 120 Å². The molecule has 1 aromatic rings. The summed E-state index contributed by atoms with van der Waals surface area (Å²) in [4.78, 5) is 16.2. The Kier molecular flexibility index (Phi) is 5.11. The molecule has 1 heterocycles. The second-order valence-corrected chi connectivity index (χ2v) is 5.79. The van der Waals surface area contributed by atoms with Crippen molar-refractivity contribution in [2.45, 2.75) is 13.0 Å². The number of nitrogens with two attached hydrogens (primary N) is 1. The minimum atomic E-state index is -0.244. The highest BCUT2D eigenvalue weighted by atomic mass is 16.2. The Bertz CT molecular complexity index is 463. The first-order valence-electron chi connectivity index (χ1n) is 7.05. The number of rotatable bonds is 5. The van der Waals surface area contributed by atoms with Crippen LogP contribution in [0.1, 0.15) is 22.3 Å². The van der Waals surface area contributed by atoms with Crippen LogP contribution in [-0.4, -0.2) is 49.4 Å². The van der Waals surface area contributed by atoms with Gasteiger partial charge >= 0.3 is 0 Å². The van der Waals surface area contributed by atoms with Crippen molar-refractivity contribution in [3.63, 3.8) is 0 Å². The normalized spacial score (nSPS) is 19.5. The second-order valence-electron chi connectivity index (χ2n) is 5.79. The van der Waals surface area contributed by atoms with Crippen molar-refractivity contribution in [2.24, 2.45) is 11.8 Å². The standard InChI is InChI=1S/C15H24N4O/c1-18-7-6-13(10-18)11-19(2)9-12-4-3-5-14(8-12)15(20)17-16/h3-5,8,13H,6-7,9-11,16H2,1-2H3,(H,17,20). The fraction of sp³-hybridized carbons (Fsp3) is 0.533. The summed E-state index contributed by atoms with van der Waals surface area (Å²) in [6.07, 6.45) is 1.27. The summed E-state index contributed by atoms with van der Waals surface area (Å²) >= 11 is 0. The van der Waals surface area contributed by atoms with Crippen LogP contribution in [0.5, 0.6) is 0 Å². The largest absolute Gasteiger partial charge is 0.306 e. The van der Waals surface area contributed by atoms with Crippen LogP contribution in [0.2, 0.25) is 0 Å². The lowest BCUT2D eigenvalue weighted by Gasteiger charge is -2.21. The van der Waals surface area contributed by atoms with Crippen LogP contribution in [0.25, 0.3) is 0 Å². The maximum absolute atomic E-state index is 11.5. The summed E-state index contributed by atoms with van der Waals surface area (Å²) in [6, 6.07) is 7.62. The predicted molar refractivity (Wildman–Crippen MR) is 80.0 cm³/mol. The van der Waals surface area contributed by atoms with Crippen LogP contribution in [0.4, 0.5) is 0 Å². The fourth-order valence-electron chi connectivity index (χ4n) is 2.89. The van der Waals surface area contributed by atoms with Crippen molar-refractivity contribution < 1.29 is 4.79 Å². The van der Waals surface area contributed by atoms with Crippen LogP contribution < -0.4 is 11.3 Å². The number of hydrogen-bond donors (Lipinski definition) is 2. The van der Waals surface area contributed by atoms with E-state index in [1.165, 1.54) is 19.5 Å². The van der Waals surface area contributed by atoms with Crippen LogP contribution in [-0.2, 0) is 6.54 Å². The number of benzene rings is 1. The maximum Gasteiger partial charge on any atom is 0.265 e. The molecule has 1 fully saturated rings. The second kappa shape index (κ2) is 6.83. The summed E-state index contributed by atoms with van der Waals surface area (Å²) in [7, 11) is 4.31. The number of likely N-dealkylation sites (tertiary alicyclic amines) is 1. The third-order valence-corrected chi connectivity index (χ3v) is 3.83. The first-order valence-corrected chi connectivity index (χ1v) is 7.05. The molecule has 2 rings (SSSR count). The average molecular weight is 276 g/mol. The van der Waals surface area contributed by atoms with Crippen molar-refractivity contribution in [3.05, 3.63) is 35.4 Å². The van der Waals surface area contributed by atoms with Crippen molar-refractivity contribution in [3.8, 4) is 0 Å². The lowest BCUT2D eigenvalue weighted by molar-refractivity contribution is 0.0953. The van der Waals surface area contributed by atoms with Crippen molar-refractivity contribution >= 4 is 5.91 Å². The molecule has 0 bridgehead atoms. The van der Waals surface area contributed by atoms with E-state index in [1.54, 1.807) is 6.07 Å². The molecule has 0 saturated carbocycles. The van der Waals surface area contributed by atoms with Crippen molar-refractivity contribution in [1.29, 1.82) is 0 Å². The molecular weight excluding hydrogens is 252 g/mol. The van der Waals surface area contributed by atoms with Crippen molar-refractivity contribution in [1.82, 2.24) is 15.2 Å². The quantitative estimate of drug-likeness (QED) is 0.471. The minimum absolute atomic E-state index is 0.244. The molecule has 110 valence electrons. The van der Waals surface area contributed by atoms with Gasteiger partial charge in [0.1, 0.15) is 0 Å². The van der Waals surface area contributed by atoms with Crippen LogP contribution in [0, 0.1) is 5.92 Å². The summed E-state index contributed by atoms with van der Waals surface area (Å²) < 4.78 is 0. The van der Waals surface area contributed by atoms with Gasteiger partial charge in [-0.1, -0.05) is 12.1 Å². The Balaban J connectivity index is 1.90. The molecule has 20 heavy (non-hydrogen) atoms. The van der Waals surface area contributed by atoms with E-state index in [9.17, 15) is 4.79 Å². The van der Waals surface area contributed by atoms with E-state index in [0.717, 1.165) is 24.6 Å². The fourth-order valence-corrected chi connectivity index (χ4v) is 2.89. The summed E-state index contributed by atoms with van der Waals surface area (Å²) in [6.45, 7) is 4.33. The third-order valence-electron chi connectivity index (χ3n) is 3.83. The van der Waals surface area contributed by atoms with Gasteiger partial charge in [-0.25, -0.2) is 5.84 Å². The van der Waals surface area contributed by atoms with Crippen molar-refractivity contribution in [2.75, 3.05) is 33.7 Å². The molecule has 1 amide bonds. The highest BCUT2D eigenvalue weighted by Crippen LogP contribution is 2.16. The first-order chi connectivity index (χ1) is 9.58. The van der Waals surface area contributed by atoms with Gasteiger partial charge in [0.05, 0.1) is 0 Å². The molecule has 0 aromatic heterocycles. The summed E-state index contributed by atoms with van der Waals surface area (Å²) in [5.41, 5.74) is 3.92. The van der Waals surface area contributed by atoms with E-state index in [1.807, 2.05) is 18.2 Å². The van der Waals surface area contributed by atoms with Gasteiger partial charge in [0.25, 0.3) is 5.91 Å². The Morgan fingerprint density at radius 2 is 2.35 bits per heavy atom. The Morgan fingerprint density at radius 1 is 1.55 bits per heavy atom. The number of carbonyl (C=O) groups is 1. The molecule has 0 radical (unpaired) electrons. The molecular formula is C15H24N4O. The summed E-state index contributed by atoms with van der Waals surface area (Å²) in [5.74, 6) is 5.67. The van der Waals surface area contributed by atoms with Gasteiger partial charge in [0, 0.05) is 25.2 Å². The number of hydrazine groups is 1. The highest BCUT2D eigenvalue weighted by molar-refractivity contribution is 5.93. The molecule has 1 aliphatic rings. The predicted octanol–water partition coefficient (Wildman–Crippen LogP) is 0.674. The van der Waals surface area contributed by atoms with Gasteiger partial charge in [-0.15, -0.1) is 0 Å². The minimum Gasteiger partial charge on any atom is -0.306 e. The zero-order valence-electron chi connectivity index (χ0n) is 12.3. The lowest BCUT2D eigenvalue weighted by atomic mass is 10.1. The van der Waals surface area contributed by atoms with Crippen LogP contribution in [0.3, 0.4) is 0 Å². The van der Waals surface area contributed by atoms with Gasteiger partial charge in [0.2, 0.25) is 0 Å². The zero-order chi connectivity index (χ0) is 14.5. The number of nitrogens with one attached hydrogen (secondary N) is 1. The topological polar surface area (TPSA) is 61.6 Å². The highest BCUT2D eigenvalue weighted by Gasteiger charge is 2.20. The third kappa shape index (κ3) is 4.03. The molecule has 1 aromatic carbocycles. The molecule has 0 aliphatic carbocycles. The van der Waals surface area contributed by atoms with E-state index >= 15 is 0 Å². The zero-order valence-corrected chi connectivity index (χ0v) is 12.3. The van der Waals surface area contributed by atoms with E-state index in [0.29, 0.717) is 5.56 Å². The van der Waals surface area contributed by atoms with Gasteiger partial charge < -0.3 is 9.80 Å². The number of amides is 1.